The maximum atomic E-state index is 14.3. The molecule has 0 unspecified atom stereocenters. The van der Waals surface area contributed by atoms with Crippen LogP contribution < -0.4 is 4.31 Å². The van der Waals surface area contributed by atoms with Crippen molar-refractivity contribution >= 4 is 37.6 Å². The van der Waals surface area contributed by atoms with Gasteiger partial charge in [-0.1, -0.05) is 24.3 Å². The lowest BCUT2D eigenvalue weighted by Gasteiger charge is -2.31. The van der Waals surface area contributed by atoms with E-state index in [1.807, 2.05) is 0 Å². The smallest absolute Gasteiger partial charge is 0.476 e. The van der Waals surface area contributed by atoms with Crippen LogP contribution in [0.5, 0.6) is 0 Å². The number of para-hydroxylation sites is 1. The van der Waals surface area contributed by atoms with Crippen molar-refractivity contribution in [1.29, 1.82) is 0 Å². The van der Waals surface area contributed by atoms with Crippen molar-refractivity contribution < 1.29 is 48.5 Å². The zero-order chi connectivity index (χ0) is 22.5. The van der Waals surface area contributed by atoms with Gasteiger partial charge in [-0.15, -0.1) is 0 Å². The van der Waals surface area contributed by atoms with E-state index in [4.69, 9.17) is 0 Å². The van der Waals surface area contributed by atoms with Crippen LogP contribution in [0.4, 0.5) is 23.2 Å². The molecule has 0 fully saturated rings. The van der Waals surface area contributed by atoms with Crippen LogP contribution in [-0.2, 0) is 29.1 Å². The predicted octanol–water partition coefficient (Wildman–Crippen LogP) is 2.65. The molecule has 0 saturated heterocycles. The predicted molar refractivity (Wildman–Crippen MR) is 93.1 cm³/mol. The van der Waals surface area contributed by atoms with Crippen LogP contribution >= 0.6 is 0 Å². The van der Waals surface area contributed by atoms with Crippen molar-refractivity contribution in [1.82, 2.24) is 0 Å². The lowest BCUT2D eigenvalue weighted by atomic mass is 10.1. The lowest BCUT2D eigenvalue weighted by Crippen LogP contribution is -2.40. The molecule has 2 aromatic carbocycles. The first-order valence-corrected chi connectivity index (χ1v) is 10.5. The van der Waals surface area contributed by atoms with E-state index in [0.29, 0.717) is 0 Å². The normalized spacial score (nSPS) is 16.2. The molecule has 0 aliphatic carbocycles. The van der Waals surface area contributed by atoms with Crippen LogP contribution in [0, 0.1) is 5.82 Å². The first kappa shape index (κ1) is 21.6. The van der Waals surface area contributed by atoms with Crippen LogP contribution in [0.1, 0.15) is 5.56 Å². The molecule has 0 atom stereocenters. The molecule has 1 heterocycles. The number of hydrogen-bond donors (Lipinski definition) is 1. The van der Waals surface area contributed by atoms with Crippen molar-refractivity contribution in [3.8, 4) is 0 Å². The molecule has 14 heteroatoms. The van der Waals surface area contributed by atoms with Gasteiger partial charge in [0.25, 0.3) is 10.0 Å². The number of hydrogen-bond acceptors (Lipinski definition) is 6. The Morgan fingerprint density at radius 2 is 1.60 bits per heavy atom. The second-order valence-corrected chi connectivity index (χ2v) is 8.98. The monoisotopic (exact) mass is 467 g/mol. The van der Waals surface area contributed by atoms with E-state index in [0.717, 1.165) is 48.5 Å². The SMILES string of the molecule is O=C(O)C1=C(OS(=O)(=O)C(F)(F)F)c2ccccc2S(=O)(=O)N1c1ccccc1F. The fraction of sp³-hybridized carbons (Fsp3) is 0.0625. The molecule has 1 N–H and O–H groups in total. The van der Waals surface area contributed by atoms with Crippen LogP contribution in [0.15, 0.2) is 59.1 Å². The molecule has 0 aromatic heterocycles. The van der Waals surface area contributed by atoms with Gasteiger partial charge in [-0.3, -0.25) is 0 Å². The quantitative estimate of drug-likeness (QED) is 0.417. The molecule has 1 aliphatic rings. The highest BCUT2D eigenvalue weighted by Gasteiger charge is 2.52. The summed E-state index contributed by atoms with van der Waals surface area (Å²) in [7, 11) is -11.3. The Labute approximate surface area is 166 Å². The molecule has 160 valence electrons. The Bertz CT molecular complexity index is 1280. The number of fused-ring (bicyclic) bond motifs is 1. The fourth-order valence-corrected chi connectivity index (χ4v) is 4.79. The maximum absolute atomic E-state index is 14.3. The molecule has 3 rings (SSSR count). The highest BCUT2D eigenvalue weighted by Crippen LogP contribution is 2.43. The number of carboxylic acids is 1. The molecule has 0 spiro atoms. The van der Waals surface area contributed by atoms with E-state index in [1.54, 1.807) is 0 Å². The maximum Gasteiger partial charge on any atom is 0.534 e. The number of carboxylic acid groups (broad SMARTS) is 1. The minimum Gasteiger partial charge on any atom is -0.476 e. The molecule has 8 nitrogen and oxygen atoms in total. The topological polar surface area (TPSA) is 118 Å². The highest BCUT2D eigenvalue weighted by atomic mass is 32.2. The number of sulfonamides is 1. The Morgan fingerprint density at radius 1 is 1.03 bits per heavy atom. The average molecular weight is 467 g/mol. The first-order valence-electron chi connectivity index (χ1n) is 7.66. The highest BCUT2D eigenvalue weighted by molar-refractivity contribution is 7.93. The van der Waals surface area contributed by atoms with E-state index in [9.17, 15) is 44.3 Å². The van der Waals surface area contributed by atoms with Gasteiger partial charge in [-0.25, -0.2) is 21.9 Å². The van der Waals surface area contributed by atoms with Gasteiger partial charge in [-0.05, 0) is 24.3 Å². The number of aliphatic carboxylic acids is 1. The van der Waals surface area contributed by atoms with E-state index in [2.05, 4.69) is 4.18 Å². The van der Waals surface area contributed by atoms with E-state index < -0.39 is 65.0 Å². The van der Waals surface area contributed by atoms with Crippen molar-refractivity contribution in [2.45, 2.75) is 10.4 Å². The summed E-state index contributed by atoms with van der Waals surface area (Å²) in [4.78, 5) is 11.1. The summed E-state index contributed by atoms with van der Waals surface area (Å²) < 4.78 is 106. The third-order valence-corrected chi connectivity index (χ3v) is 6.54. The lowest BCUT2D eigenvalue weighted by molar-refractivity contribution is -0.132. The van der Waals surface area contributed by atoms with Crippen LogP contribution in [0.25, 0.3) is 5.76 Å². The third kappa shape index (κ3) is 3.37. The number of rotatable bonds is 4. The van der Waals surface area contributed by atoms with Crippen LogP contribution in [-0.4, -0.2) is 33.4 Å². The average Bonchev–Trinajstić information content (AvgIpc) is 2.63. The molecule has 1 aliphatic heterocycles. The Hall–Kier alpha value is -3.13. The minimum absolute atomic E-state index is 0.117. The Morgan fingerprint density at radius 3 is 2.17 bits per heavy atom. The van der Waals surface area contributed by atoms with Gasteiger partial charge in [0.15, 0.2) is 11.5 Å². The molecule has 0 saturated carbocycles. The molecule has 0 radical (unpaired) electrons. The Kier molecular flexibility index (Phi) is 5.02. The Balaban J connectivity index is 2.45. The van der Waals surface area contributed by atoms with Gasteiger partial charge in [0, 0.05) is 5.56 Å². The fourth-order valence-electron chi connectivity index (χ4n) is 2.61. The van der Waals surface area contributed by atoms with E-state index in [1.165, 1.54) is 0 Å². The molecule has 0 bridgehead atoms. The van der Waals surface area contributed by atoms with Crippen molar-refractivity contribution in [3.63, 3.8) is 0 Å². The van der Waals surface area contributed by atoms with Crippen LogP contribution in [0.3, 0.4) is 0 Å². The summed E-state index contributed by atoms with van der Waals surface area (Å²) in [6, 6.07) is 7.92. The third-order valence-electron chi connectivity index (χ3n) is 3.82. The summed E-state index contributed by atoms with van der Waals surface area (Å²) in [5, 5.41) is 9.55. The zero-order valence-electron chi connectivity index (χ0n) is 14.3. The van der Waals surface area contributed by atoms with Crippen molar-refractivity contribution in [2.24, 2.45) is 0 Å². The number of halogens is 4. The van der Waals surface area contributed by atoms with Gasteiger partial charge >= 0.3 is 21.6 Å². The largest absolute Gasteiger partial charge is 0.534 e. The van der Waals surface area contributed by atoms with Gasteiger partial charge < -0.3 is 9.29 Å². The van der Waals surface area contributed by atoms with Gasteiger partial charge in [0.05, 0.1) is 10.6 Å². The molecule has 2 aromatic rings. The first-order chi connectivity index (χ1) is 13.8. The van der Waals surface area contributed by atoms with E-state index in [-0.39, 0.29) is 4.31 Å². The van der Waals surface area contributed by atoms with Crippen molar-refractivity contribution in [2.75, 3.05) is 4.31 Å². The summed E-state index contributed by atoms with van der Waals surface area (Å²) >= 11 is 0. The number of nitrogens with zero attached hydrogens (tertiary/aromatic N) is 1. The van der Waals surface area contributed by atoms with Gasteiger partial charge in [0.1, 0.15) is 5.82 Å². The standard InChI is InChI=1S/C16H9F4NO7S2/c17-10-6-2-3-7-11(10)21-13(15(22)23)14(28-30(26,27)16(18,19)20)9-5-1-4-8-12(9)29(21,24)25/h1-8H,(H,22,23). The number of alkyl halides is 3. The summed E-state index contributed by atoms with van der Waals surface area (Å²) in [6.07, 6.45) is 0. The number of carbonyl (C=O) groups is 1. The van der Waals surface area contributed by atoms with Crippen molar-refractivity contribution in [3.05, 3.63) is 65.6 Å². The number of anilines is 1. The second kappa shape index (κ2) is 6.98. The van der Waals surface area contributed by atoms with Gasteiger partial charge in [0.2, 0.25) is 0 Å². The minimum atomic E-state index is -6.40. The summed E-state index contributed by atoms with van der Waals surface area (Å²) in [6.45, 7) is 0. The number of benzene rings is 2. The zero-order valence-corrected chi connectivity index (χ0v) is 15.9. The summed E-state index contributed by atoms with van der Waals surface area (Å²) in [5.41, 5.74) is -9.10. The van der Waals surface area contributed by atoms with Crippen LogP contribution in [0.2, 0.25) is 0 Å². The molecule has 0 amide bonds. The molecular formula is C16H9F4NO7S2. The molecular weight excluding hydrogens is 458 g/mol. The van der Waals surface area contributed by atoms with E-state index >= 15 is 0 Å². The second-order valence-electron chi connectivity index (χ2n) is 5.68. The molecule has 30 heavy (non-hydrogen) atoms. The summed E-state index contributed by atoms with van der Waals surface area (Å²) in [5.74, 6) is -4.85. The van der Waals surface area contributed by atoms with Gasteiger partial charge in [-0.2, -0.15) is 21.6 Å².